The third-order valence-corrected chi connectivity index (χ3v) is 2.69. The Labute approximate surface area is 106 Å². The van der Waals surface area contributed by atoms with Gasteiger partial charge in [0, 0.05) is 12.8 Å². The van der Waals surface area contributed by atoms with Crippen LogP contribution in [0.5, 0.6) is 5.75 Å². The van der Waals surface area contributed by atoms with Gasteiger partial charge in [-0.15, -0.1) is 0 Å². The maximum Gasteiger partial charge on any atom is 0.150 e. The van der Waals surface area contributed by atoms with Crippen LogP contribution in [0.4, 0.5) is 0 Å². The summed E-state index contributed by atoms with van der Waals surface area (Å²) in [5, 5.41) is 7.13. The normalized spacial score (nSPS) is 10.6. The van der Waals surface area contributed by atoms with E-state index in [0.29, 0.717) is 6.54 Å². The molecular formula is C13H18N4O. The van der Waals surface area contributed by atoms with E-state index in [-0.39, 0.29) is 0 Å². The molecule has 0 saturated heterocycles. The number of ether oxygens (including phenoxy) is 1. The molecule has 5 nitrogen and oxygen atoms in total. The first-order valence-electron chi connectivity index (χ1n) is 6.05. The summed E-state index contributed by atoms with van der Waals surface area (Å²) in [5.41, 5.74) is 6.61. The zero-order valence-corrected chi connectivity index (χ0v) is 10.5. The Morgan fingerprint density at radius 2 is 2.28 bits per heavy atom. The molecule has 0 aliphatic carbocycles. The number of aromatic amines is 1. The highest BCUT2D eigenvalue weighted by Crippen LogP contribution is 2.14. The molecule has 1 heterocycles. The van der Waals surface area contributed by atoms with Crippen LogP contribution in [0.1, 0.15) is 23.6 Å². The van der Waals surface area contributed by atoms with E-state index in [1.54, 1.807) is 7.11 Å². The highest BCUT2D eigenvalue weighted by molar-refractivity contribution is 5.30. The fourth-order valence-electron chi connectivity index (χ4n) is 1.76. The van der Waals surface area contributed by atoms with E-state index in [4.69, 9.17) is 10.5 Å². The number of hydrogen-bond acceptors (Lipinski definition) is 4. The molecule has 2 rings (SSSR count). The quantitative estimate of drug-likeness (QED) is 0.805. The smallest absolute Gasteiger partial charge is 0.150 e. The van der Waals surface area contributed by atoms with Crippen molar-refractivity contribution >= 4 is 0 Å². The Hall–Kier alpha value is -1.88. The highest BCUT2D eigenvalue weighted by atomic mass is 16.5. The van der Waals surface area contributed by atoms with Crippen molar-refractivity contribution in [1.82, 2.24) is 15.2 Å². The largest absolute Gasteiger partial charge is 0.497 e. The zero-order chi connectivity index (χ0) is 12.8. The number of aryl methyl sites for hydroxylation is 1. The van der Waals surface area contributed by atoms with Crippen molar-refractivity contribution in [3.05, 3.63) is 41.5 Å². The van der Waals surface area contributed by atoms with Crippen molar-refractivity contribution in [2.24, 2.45) is 5.73 Å². The van der Waals surface area contributed by atoms with Gasteiger partial charge in [0.05, 0.1) is 7.11 Å². The van der Waals surface area contributed by atoms with Crippen LogP contribution < -0.4 is 10.5 Å². The van der Waals surface area contributed by atoms with Crippen LogP contribution in [-0.4, -0.2) is 28.8 Å². The molecule has 0 bridgehead atoms. The van der Waals surface area contributed by atoms with Gasteiger partial charge < -0.3 is 10.5 Å². The lowest BCUT2D eigenvalue weighted by Crippen LogP contribution is -2.01. The molecule has 0 atom stereocenters. The zero-order valence-electron chi connectivity index (χ0n) is 10.5. The van der Waals surface area contributed by atoms with Crippen molar-refractivity contribution in [2.45, 2.75) is 19.3 Å². The lowest BCUT2D eigenvalue weighted by Gasteiger charge is -2.02. The summed E-state index contributed by atoms with van der Waals surface area (Å²) in [6.45, 7) is 0.666. The lowest BCUT2D eigenvalue weighted by molar-refractivity contribution is 0.414. The molecular weight excluding hydrogens is 228 g/mol. The molecule has 0 aliphatic heterocycles. The number of rotatable bonds is 6. The number of nitrogens with one attached hydrogen (secondary N) is 1. The predicted molar refractivity (Wildman–Crippen MR) is 69.6 cm³/mol. The van der Waals surface area contributed by atoms with Gasteiger partial charge in [0.25, 0.3) is 0 Å². The predicted octanol–water partition coefficient (Wildman–Crippen LogP) is 1.30. The van der Waals surface area contributed by atoms with Crippen LogP contribution in [0.2, 0.25) is 0 Å². The van der Waals surface area contributed by atoms with Gasteiger partial charge >= 0.3 is 0 Å². The molecule has 96 valence electrons. The fraction of sp³-hybridized carbons (Fsp3) is 0.385. The number of nitrogens with two attached hydrogens (primary N) is 1. The topological polar surface area (TPSA) is 76.8 Å². The number of hydrogen-bond donors (Lipinski definition) is 2. The van der Waals surface area contributed by atoms with Crippen LogP contribution in [0.15, 0.2) is 24.3 Å². The first kappa shape index (κ1) is 12.6. The molecule has 0 saturated carbocycles. The van der Waals surface area contributed by atoms with E-state index >= 15 is 0 Å². The van der Waals surface area contributed by atoms with Crippen molar-refractivity contribution < 1.29 is 4.74 Å². The van der Waals surface area contributed by atoms with E-state index in [1.165, 1.54) is 0 Å². The molecule has 3 N–H and O–H groups in total. The third-order valence-electron chi connectivity index (χ3n) is 2.69. The second kappa shape index (κ2) is 6.16. The Balaban J connectivity index is 2.01. The molecule has 5 heteroatoms. The number of nitrogens with zero attached hydrogens (tertiary/aromatic N) is 2. The van der Waals surface area contributed by atoms with Crippen molar-refractivity contribution in [1.29, 1.82) is 0 Å². The standard InChI is InChI=1S/C13H18N4O/c1-18-11-5-2-4-10(8-11)9-13-15-12(16-17-13)6-3-7-14/h2,4-5,8H,3,6-7,9,14H2,1H3,(H,15,16,17). The summed E-state index contributed by atoms with van der Waals surface area (Å²) in [4.78, 5) is 4.44. The molecule has 0 aliphatic rings. The van der Waals surface area contributed by atoms with E-state index in [9.17, 15) is 0 Å². The van der Waals surface area contributed by atoms with E-state index in [0.717, 1.165) is 42.2 Å². The summed E-state index contributed by atoms with van der Waals surface area (Å²) in [7, 11) is 1.67. The van der Waals surface area contributed by atoms with Gasteiger partial charge in [-0.3, -0.25) is 5.10 Å². The summed E-state index contributed by atoms with van der Waals surface area (Å²) in [6, 6.07) is 7.95. The number of aromatic nitrogens is 3. The number of H-pyrrole nitrogens is 1. The first-order chi connectivity index (χ1) is 8.81. The van der Waals surface area contributed by atoms with Gasteiger partial charge in [0.2, 0.25) is 0 Å². The molecule has 0 radical (unpaired) electrons. The molecule has 1 aromatic heterocycles. The van der Waals surface area contributed by atoms with Crippen molar-refractivity contribution in [3.63, 3.8) is 0 Å². The van der Waals surface area contributed by atoms with E-state index < -0.39 is 0 Å². The average Bonchev–Trinajstić information content (AvgIpc) is 2.84. The van der Waals surface area contributed by atoms with Gasteiger partial charge in [-0.05, 0) is 30.7 Å². The second-order valence-electron chi connectivity index (χ2n) is 4.12. The SMILES string of the molecule is COc1cccc(Cc2nc(CCCN)n[nH]2)c1. The fourth-order valence-corrected chi connectivity index (χ4v) is 1.76. The molecule has 0 spiro atoms. The van der Waals surface area contributed by atoms with Crippen LogP contribution in [0, 0.1) is 0 Å². The van der Waals surface area contributed by atoms with Gasteiger partial charge in [-0.2, -0.15) is 5.10 Å². The van der Waals surface area contributed by atoms with Gasteiger partial charge in [-0.1, -0.05) is 12.1 Å². The van der Waals surface area contributed by atoms with Crippen LogP contribution >= 0.6 is 0 Å². The maximum absolute atomic E-state index is 5.46. The van der Waals surface area contributed by atoms with Gasteiger partial charge in [-0.25, -0.2) is 4.98 Å². The van der Waals surface area contributed by atoms with Crippen LogP contribution in [-0.2, 0) is 12.8 Å². The number of methoxy groups -OCH3 is 1. The van der Waals surface area contributed by atoms with Gasteiger partial charge in [0.1, 0.15) is 11.6 Å². The summed E-state index contributed by atoms with van der Waals surface area (Å²) in [5.74, 6) is 2.56. The van der Waals surface area contributed by atoms with Crippen LogP contribution in [0.25, 0.3) is 0 Å². The minimum atomic E-state index is 0.666. The van der Waals surface area contributed by atoms with E-state index in [1.807, 2.05) is 24.3 Å². The molecule has 2 aromatic rings. The highest BCUT2D eigenvalue weighted by Gasteiger charge is 2.04. The second-order valence-corrected chi connectivity index (χ2v) is 4.12. The molecule has 18 heavy (non-hydrogen) atoms. The molecule has 1 aromatic carbocycles. The Morgan fingerprint density at radius 1 is 1.39 bits per heavy atom. The van der Waals surface area contributed by atoms with Crippen molar-refractivity contribution in [2.75, 3.05) is 13.7 Å². The minimum absolute atomic E-state index is 0.666. The molecule has 0 amide bonds. The molecule has 0 fully saturated rings. The summed E-state index contributed by atoms with van der Waals surface area (Å²) in [6.07, 6.45) is 2.47. The Bertz CT molecular complexity index is 495. The lowest BCUT2D eigenvalue weighted by atomic mass is 10.1. The Kier molecular flexibility index (Phi) is 4.30. The van der Waals surface area contributed by atoms with Crippen LogP contribution in [0.3, 0.4) is 0 Å². The van der Waals surface area contributed by atoms with Crippen molar-refractivity contribution in [3.8, 4) is 5.75 Å². The summed E-state index contributed by atoms with van der Waals surface area (Å²) < 4.78 is 5.19. The minimum Gasteiger partial charge on any atom is -0.497 e. The first-order valence-corrected chi connectivity index (χ1v) is 6.05. The number of benzene rings is 1. The monoisotopic (exact) mass is 246 g/mol. The van der Waals surface area contributed by atoms with E-state index in [2.05, 4.69) is 15.2 Å². The maximum atomic E-state index is 5.46. The Morgan fingerprint density at radius 3 is 3.06 bits per heavy atom. The molecule has 0 unspecified atom stereocenters. The average molecular weight is 246 g/mol. The summed E-state index contributed by atoms with van der Waals surface area (Å²) >= 11 is 0. The van der Waals surface area contributed by atoms with Gasteiger partial charge in [0.15, 0.2) is 5.82 Å². The third kappa shape index (κ3) is 3.30.